The zero-order valence-corrected chi connectivity index (χ0v) is 11.3. The molecule has 1 N–H and O–H groups in total. The van der Waals surface area contributed by atoms with Crippen LogP contribution in [0, 0.1) is 0 Å². The van der Waals surface area contributed by atoms with Gasteiger partial charge >= 0.3 is 6.18 Å². The molecule has 0 aromatic heterocycles. The van der Waals surface area contributed by atoms with Gasteiger partial charge < -0.3 is 5.11 Å². The molecule has 0 heterocycles. The molecule has 0 unspecified atom stereocenters. The van der Waals surface area contributed by atoms with Crippen molar-refractivity contribution in [2.75, 3.05) is 0 Å². The third-order valence-corrected chi connectivity index (χ3v) is 3.63. The fraction of sp³-hybridized carbons (Fsp3) is 0.118. The number of rotatable bonds is 1. The van der Waals surface area contributed by atoms with E-state index in [2.05, 4.69) is 0 Å². The van der Waals surface area contributed by atoms with Gasteiger partial charge in [0.2, 0.25) is 0 Å². The molecule has 0 saturated carbocycles. The van der Waals surface area contributed by atoms with Crippen molar-refractivity contribution in [2.45, 2.75) is 12.6 Å². The minimum atomic E-state index is -4.38. The molecule has 3 rings (SSSR count). The maximum atomic E-state index is 12.5. The molecule has 1 aliphatic carbocycles. The van der Waals surface area contributed by atoms with E-state index >= 15 is 0 Å². The van der Waals surface area contributed by atoms with Crippen molar-refractivity contribution in [1.29, 1.82) is 0 Å². The summed E-state index contributed by atoms with van der Waals surface area (Å²) in [5, 5.41) is 9.75. The lowest BCUT2D eigenvalue weighted by molar-refractivity contribution is -0.137. The highest BCUT2D eigenvalue weighted by atomic mass is 19.4. The van der Waals surface area contributed by atoms with Crippen LogP contribution >= 0.6 is 0 Å². The molecular weight excluding hydrogens is 293 g/mol. The first kappa shape index (κ1) is 14.4. The fourth-order valence-electron chi connectivity index (χ4n) is 2.50. The molecule has 0 radical (unpaired) electrons. The number of carbonyl (C=O) groups is 1. The molecule has 0 spiro atoms. The number of fused-ring (bicyclic) bond motifs is 1. The van der Waals surface area contributed by atoms with E-state index < -0.39 is 11.7 Å². The summed E-state index contributed by atoms with van der Waals surface area (Å²) in [6, 6.07) is 9.34. The van der Waals surface area contributed by atoms with Crippen molar-refractivity contribution >= 4 is 11.9 Å². The maximum Gasteiger partial charge on any atom is 0.416 e. The lowest BCUT2D eigenvalue weighted by atomic mass is 10.1. The Bertz CT molecular complexity index is 771. The molecule has 2 aromatic rings. The number of halogens is 3. The molecule has 5 heteroatoms. The number of alkyl halides is 3. The van der Waals surface area contributed by atoms with Crippen molar-refractivity contribution in [3.05, 3.63) is 70.3 Å². The molecule has 0 bridgehead atoms. The van der Waals surface area contributed by atoms with Gasteiger partial charge in [0.05, 0.1) is 5.56 Å². The molecule has 1 aliphatic rings. The Kier molecular flexibility index (Phi) is 3.28. The molecule has 0 aliphatic heterocycles. The monoisotopic (exact) mass is 304 g/mol. The Morgan fingerprint density at radius 2 is 1.73 bits per heavy atom. The van der Waals surface area contributed by atoms with Gasteiger partial charge in [-0.2, -0.15) is 13.2 Å². The topological polar surface area (TPSA) is 37.3 Å². The Hall–Kier alpha value is -2.56. The van der Waals surface area contributed by atoms with Crippen LogP contribution in [0.5, 0.6) is 5.75 Å². The van der Waals surface area contributed by atoms with Gasteiger partial charge in [-0.1, -0.05) is 24.3 Å². The number of hydrogen-bond donors (Lipinski definition) is 1. The van der Waals surface area contributed by atoms with Crippen molar-refractivity contribution in [3.8, 4) is 5.75 Å². The predicted molar refractivity (Wildman–Crippen MR) is 75.6 cm³/mol. The number of benzene rings is 2. The maximum absolute atomic E-state index is 12.5. The van der Waals surface area contributed by atoms with E-state index in [1.54, 1.807) is 18.2 Å². The molecule has 0 amide bonds. The highest BCUT2D eigenvalue weighted by Crippen LogP contribution is 2.34. The summed E-state index contributed by atoms with van der Waals surface area (Å²) in [5.74, 6) is -0.146. The number of ketones is 1. The molecule has 2 nitrogen and oxygen atoms in total. The molecule has 112 valence electrons. The van der Waals surface area contributed by atoms with Gasteiger partial charge in [0.1, 0.15) is 5.75 Å². The van der Waals surface area contributed by atoms with E-state index in [4.69, 9.17) is 0 Å². The third kappa shape index (κ3) is 2.50. The second-order valence-electron chi connectivity index (χ2n) is 5.10. The summed E-state index contributed by atoms with van der Waals surface area (Å²) in [6.07, 6.45) is -2.54. The number of phenols is 1. The SMILES string of the molecule is O=C1/C(=C/c2ccc(C(F)(F)F)cc2)Cc2c(O)cccc21. The summed E-state index contributed by atoms with van der Waals surface area (Å²) in [5.41, 5.74) is 1.25. The van der Waals surface area contributed by atoms with Crippen LogP contribution in [0.4, 0.5) is 13.2 Å². The van der Waals surface area contributed by atoms with Gasteiger partial charge in [-0.3, -0.25) is 4.79 Å². The summed E-state index contributed by atoms with van der Waals surface area (Å²) in [4.78, 5) is 12.2. The van der Waals surface area contributed by atoms with Crippen molar-refractivity contribution in [2.24, 2.45) is 0 Å². The first-order valence-corrected chi connectivity index (χ1v) is 6.59. The number of phenolic OH excluding ortho intramolecular Hbond substituents is 1. The van der Waals surface area contributed by atoms with Crippen LogP contribution in [-0.2, 0) is 12.6 Å². The van der Waals surface area contributed by atoms with E-state index in [0.29, 0.717) is 22.3 Å². The van der Waals surface area contributed by atoms with E-state index in [1.165, 1.54) is 18.2 Å². The van der Waals surface area contributed by atoms with Crippen molar-refractivity contribution in [1.82, 2.24) is 0 Å². The third-order valence-electron chi connectivity index (χ3n) is 3.63. The molecule has 0 fully saturated rings. The standard InChI is InChI=1S/C17H11F3O2/c18-17(19,20)12-6-4-10(5-7-12)8-11-9-14-13(16(11)22)2-1-3-15(14)21/h1-8,21H,9H2/b11-8+. The molecule has 2 aromatic carbocycles. The minimum absolute atomic E-state index is 0.0571. The Labute approximate surface area is 124 Å². The van der Waals surface area contributed by atoms with Crippen molar-refractivity contribution in [3.63, 3.8) is 0 Å². The van der Waals surface area contributed by atoms with Crippen LogP contribution in [-0.4, -0.2) is 10.9 Å². The van der Waals surface area contributed by atoms with Gasteiger partial charge in [-0.25, -0.2) is 0 Å². The Morgan fingerprint density at radius 3 is 2.32 bits per heavy atom. The lowest BCUT2D eigenvalue weighted by Crippen LogP contribution is -2.04. The van der Waals surface area contributed by atoms with E-state index in [1.807, 2.05) is 0 Å². The first-order chi connectivity index (χ1) is 10.4. The molecule has 22 heavy (non-hydrogen) atoms. The highest BCUT2D eigenvalue weighted by Gasteiger charge is 2.30. The smallest absolute Gasteiger partial charge is 0.416 e. The van der Waals surface area contributed by atoms with Gasteiger partial charge in [-0.15, -0.1) is 0 Å². The van der Waals surface area contributed by atoms with Gasteiger partial charge in [0.15, 0.2) is 5.78 Å². The quantitative estimate of drug-likeness (QED) is 0.800. The summed E-state index contributed by atoms with van der Waals surface area (Å²) in [6.45, 7) is 0. The largest absolute Gasteiger partial charge is 0.508 e. The number of aromatic hydroxyl groups is 1. The van der Waals surface area contributed by atoms with E-state index in [0.717, 1.165) is 12.1 Å². The van der Waals surface area contributed by atoms with Gasteiger partial charge in [0, 0.05) is 23.1 Å². The second kappa shape index (κ2) is 5.02. The van der Waals surface area contributed by atoms with Crippen LogP contribution in [0.1, 0.15) is 27.0 Å². The van der Waals surface area contributed by atoms with Crippen LogP contribution < -0.4 is 0 Å². The first-order valence-electron chi connectivity index (χ1n) is 6.59. The van der Waals surface area contributed by atoms with Crippen LogP contribution in [0.15, 0.2) is 48.0 Å². The molecule has 0 atom stereocenters. The number of Topliss-reactive ketones (excluding diaryl/α,β-unsaturated/α-hetero) is 1. The van der Waals surface area contributed by atoms with Gasteiger partial charge in [-0.05, 0) is 29.8 Å². The average Bonchev–Trinajstić information content (AvgIpc) is 2.77. The number of allylic oxidation sites excluding steroid dienone is 1. The summed E-state index contributed by atoms with van der Waals surface area (Å²) < 4.78 is 37.5. The summed E-state index contributed by atoms with van der Waals surface area (Å²) in [7, 11) is 0. The zero-order valence-electron chi connectivity index (χ0n) is 11.3. The van der Waals surface area contributed by atoms with E-state index in [-0.39, 0.29) is 18.0 Å². The highest BCUT2D eigenvalue weighted by molar-refractivity contribution is 6.16. The van der Waals surface area contributed by atoms with Crippen molar-refractivity contribution < 1.29 is 23.1 Å². The normalized spacial score (nSPS) is 16.1. The minimum Gasteiger partial charge on any atom is -0.508 e. The van der Waals surface area contributed by atoms with Crippen LogP contribution in [0.25, 0.3) is 6.08 Å². The van der Waals surface area contributed by atoms with Crippen LogP contribution in [0.3, 0.4) is 0 Å². The number of hydrogen-bond acceptors (Lipinski definition) is 2. The Balaban J connectivity index is 1.92. The summed E-state index contributed by atoms with van der Waals surface area (Å²) >= 11 is 0. The predicted octanol–water partition coefficient (Wildman–Crippen LogP) is 4.23. The molecular formula is C17H11F3O2. The zero-order chi connectivity index (χ0) is 15.9. The lowest BCUT2D eigenvalue weighted by Gasteiger charge is -2.06. The number of carbonyl (C=O) groups excluding carboxylic acids is 1. The Morgan fingerprint density at radius 1 is 1.05 bits per heavy atom. The van der Waals surface area contributed by atoms with Gasteiger partial charge in [0.25, 0.3) is 0 Å². The molecule has 0 saturated heterocycles. The average molecular weight is 304 g/mol. The van der Waals surface area contributed by atoms with E-state index in [9.17, 15) is 23.1 Å². The van der Waals surface area contributed by atoms with Crippen LogP contribution in [0.2, 0.25) is 0 Å². The second-order valence-corrected chi connectivity index (χ2v) is 5.10. The fourth-order valence-corrected chi connectivity index (χ4v) is 2.50.